The highest BCUT2D eigenvalue weighted by atomic mass is 16.5. The predicted molar refractivity (Wildman–Crippen MR) is 108 cm³/mol. The first-order chi connectivity index (χ1) is 14.1. The molecule has 9 heteroatoms. The van der Waals surface area contributed by atoms with Crippen LogP contribution in [0.5, 0.6) is 11.5 Å². The van der Waals surface area contributed by atoms with Gasteiger partial charge in [0.05, 0.1) is 27.0 Å². The van der Waals surface area contributed by atoms with Crippen LogP contribution < -0.4 is 20.1 Å². The second-order valence-electron chi connectivity index (χ2n) is 6.93. The zero-order valence-corrected chi connectivity index (χ0v) is 16.7. The zero-order valence-electron chi connectivity index (χ0n) is 16.7. The quantitative estimate of drug-likeness (QED) is 0.587. The summed E-state index contributed by atoms with van der Waals surface area (Å²) in [5, 5.41) is 17.9. The summed E-state index contributed by atoms with van der Waals surface area (Å²) in [4.78, 5) is 12.9. The Bertz CT molecular complexity index is 1040. The number of anilines is 1. The minimum Gasteiger partial charge on any atom is -0.493 e. The Kier molecular flexibility index (Phi) is 5.22. The van der Waals surface area contributed by atoms with Crippen LogP contribution in [0.4, 0.5) is 5.82 Å². The fourth-order valence-electron chi connectivity index (χ4n) is 3.49. The van der Waals surface area contributed by atoms with Crippen molar-refractivity contribution in [2.45, 2.75) is 26.4 Å². The van der Waals surface area contributed by atoms with Gasteiger partial charge in [-0.15, -0.1) is 0 Å². The molecule has 0 unspecified atom stereocenters. The first kappa shape index (κ1) is 19.0. The number of H-pyrrole nitrogens is 1. The van der Waals surface area contributed by atoms with E-state index in [0.29, 0.717) is 36.1 Å². The molecule has 1 aromatic carbocycles. The SMILES string of the molecule is COc1ccc(Cn2ncc(C)c2NC(=O)c2n[nH]c3c2CNCC3)cc1OC. The summed E-state index contributed by atoms with van der Waals surface area (Å²) >= 11 is 0. The summed E-state index contributed by atoms with van der Waals surface area (Å²) in [5.74, 6) is 1.71. The second-order valence-corrected chi connectivity index (χ2v) is 6.93. The van der Waals surface area contributed by atoms with Gasteiger partial charge in [0.15, 0.2) is 17.2 Å². The molecule has 4 rings (SSSR count). The van der Waals surface area contributed by atoms with Crippen molar-refractivity contribution in [1.29, 1.82) is 0 Å². The lowest BCUT2D eigenvalue weighted by molar-refractivity contribution is 0.102. The summed E-state index contributed by atoms with van der Waals surface area (Å²) < 4.78 is 12.4. The molecule has 0 fully saturated rings. The Morgan fingerprint density at radius 3 is 2.90 bits per heavy atom. The Balaban J connectivity index is 1.56. The van der Waals surface area contributed by atoms with Crippen LogP contribution in [-0.2, 0) is 19.5 Å². The van der Waals surface area contributed by atoms with Gasteiger partial charge < -0.3 is 20.1 Å². The first-order valence-electron chi connectivity index (χ1n) is 9.42. The number of ether oxygens (including phenoxy) is 2. The highest BCUT2D eigenvalue weighted by molar-refractivity contribution is 6.04. The number of amides is 1. The molecule has 9 nitrogen and oxygen atoms in total. The van der Waals surface area contributed by atoms with Gasteiger partial charge in [-0.1, -0.05) is 6.07 Å². The van der Waals surface area contributed by atoms with Crippen LogP contribution >= 0.6 is 0 Å². The van der Waals surface area contributed by atoms with Crippen molar-refractivity contribution >= 4 is 11.7 Å². The highest BCUT2D eigenvalue weighted by Crippen LogP contribution is 2.28. The Morgan fingerprint density at radius 1 is 1.28 bits per heavy atom. The van der Waals surface area contributed by atoms with Crippen LogP contribution in [-0.4, -0.2) is 46.6 Å². The molecule has 3 heterocycles. The molecule has 0 saturated heterocycles. The molecule has 0 aliphatic carbocycles. The average Bonchev–Trinajstić information content (AvgIpc) is 3.32. The molecule has 1 amide bonds. The van der Waals surface area contributed by atoms with Gasteiger partial charge in [-0.25, -0.2) is 4.68 Å². The Morgan fingerprint density at radius 2 is 2.10 bits per heavy atom. The van der Waals surface area contributed by atoms with E-state index in [9.17, 15) is 4.79 Å². The smallest absolute Gasteiger partial charge is 0.277 e. The van der Waals surface area contributed by atoms with Gasteiger partial charge in [0, 0.05) is 36.3 Å². The van der Waals surface area contributed by atoms with Gasteiger partial charge in [-0.3, -0.25) is 9.89 Å². The average molecular weight is 396 g/mol. The standard InChI is InChI=1S/C20H24N6O3/c1-12-9-22-26(11-13-4-5-16(28-2)17(8-13)29-3)19(12)23-20(27)18-14-10-21-7-6-15(14)24-25-18/h4-5,8-9,21H,6-7,10-11H2,1-3H3,(H,23,27)(H,24,25). The van der Waals surface area contributed by atoms with E-state index in [1.54, 1.807) is 25.1 Å². The van der Waals surface area contributed by atoms with Crippen LogP contribution in [0, 0.1) is 6.92 Å². The molecule has 0 saturated carbocycles. The van der Waals surface area contributed by atoms with Gasteiger partial charge in [-0.05, 0) is 24.6 Å². The summed E-state index contributed by atoms with van der Waals surface area (Å²) in [7, 11) is 3.20. The molecular weight excluding hydrogens is 372 g/mol. The second kappa shape index (κ2) is 7.96. The summed E-state index contributed by atoms with van der Waals surface area (Å²) in [5.41, 5.74) is 4.22. The lowest BCUT2D eigenvalue weighted by Crippen LogP contribution is -2.26. The van der Waals surface area contributed by atoms with E-state index in [1.165, 1.54) is 0 Å². The van der Waals surface area contributed by atoms with E-state index in [2.05, 4.69) is 25.9 Å². The van der Waals surface area contributed by atoms with Crippen LogP contribution in [0.15, 0.2) is 24.4 Å². The fourth-order valence-corrected chi connectivity index (χ4v) is 3.49. The van der Waals surface area contributed by atoms with Crippen LogP contribution in [0.2, 0.25) is 0 Å². The molecule has 152 valence electrons. The number of aromatic nitrogens is 4. The van der Waals surface area contributed by atoms with Gasteiger partial charge in [0.1, 0.15) is 5.82 Å². The Labute approximate surface area is 168 Å². The number of rotatable bonds is 6. The normalized spacial score (nSPS) is 13.1. The monoisotopic (exact) mass is 396 g/mol. The summed E-state index contributed by atoms with van der Waals surface area (Å²) in [6.07, 6.45) is 2.57. The van der Waals surface area contributed by atoms with E-state index < -0.39 is 0 Å². The van der Waals surface area contributed by atoms with Gasteiger partial charge in [0.2, 0.25) is 0 Å². The summed E-state index contributed by atoms with van der Waals surface area (Å²) in [6, 6.07) is 5.70. The maximum atomic E-state index is 12.9. The molecule has 1 aliphatic rings. The Hall–Kier alpha value is -3.33. The van der Waals surface area contributed by atoms with Crippen molar-refractivity contribution in [3.8, 4) is 11.5 Å². The van der Waals surface area contributed by atoms with Gasteiger partial charge in [-0.2, -0.15) is 10.2 Å². The number of fused-ring (bicyclic) bond motifs is 1. The molecule has 3 aromatic rings. The van der Waals surface area contributed by atoms with Gasteiger partial charge in [0.25, 0.3) is 5.91 Å². The molecule has 0 atom stereocenters. The zero-order chi connectivity index (χ0) is 20.4. The molecule has 0 radical (unpaired) electrons. The molecule has 1 aliphatic heterocycles. The number of benzene rings is 1. The number of carbonyl (C=O) groups excluding carboxylic acids is 1. The summed E-state index contributed by atoms with van der Waals surface area (Å²) in [6.45, 7) is 3.91. The highest BCUT2D eigenvalue weighted by Gasteiger charge is 2.23. The van der Waals surface area contributed by atoms with Crippen LogP contribution in [0.3, 0.4) is 0 Å². The van der Waals surface area contributed by atoms with E-state index in [-0.39, 0.29) is 5.91 Å². The number of carbonyl (C=O) groups is 1. The topological polar surface area (TPSA) is 106 Å². The lowest BCUT2D eigenvalue weighted by atomic mass is 10.1. The van der Waals surface area contributed by atoms with Crippen LogP contribution in [0.25, 0.3) is 0 Å². The van der Waals surface area contributed by atoms with E-state index in [4.69, 9.17) is 9.47 Å². The fraction of sp³-hybridized carbons (Fsp3) is 0.350. The largest absolute Gasteiger partial charge is 0.493 e. The van der Waals surface area contributed by atoms with E-state index in [0.717, 1.165) is 35.3 Å². The molecule has 0 spiro atoms. The minimum absolute atomic E-state index is 0.247. The van der Waals surface area contributed by atoms with Crippen molar-refractivity contribution in [1.82, 2.24) is 25.3 Å². The molecule has 3 N–H and O–H groups in total. The number of nitrogens with one attached hydrogen (secondary N) is 3. The molecular formula is C20H24N6O3. The number of hydrogen-bond acceptors (Lipinski definition) is 6. The number of nitrogens with zero attached hydrogens (tertiary/aromatic N) is 3. The van der Waals surface area contributed by atoms with E-state index in [1.807, 2.05) is 25.1 Å². The third-order valence-electron chi connectivity index (χ3n) is 5.06. The third kappa shape index (κ3) is 3.68. The maximum absolute atomic E-state index is 12.9. The third-order valence-corrected chi connectivity index (χ3v) is 5.06. The number of aromatic amines is 1. The van der Waals surface area contributed by atoms with Crippen molar-refractivity contribution in [3.63, 3.8) is 0 Å². The van der Waals surface area contributed by atoms with Crippen molar-refractivity contribution in [2.75, 3.05) is 26.1 Å². The number of aryl methyl sites for hydroxylation is 1. The van der Waals surface area contributed by atoms with Crippen molar-refractivity contribution < 1.29 is 14.3 Å². The molecule has 0 bridgehead atoms. The maximum Gasteiger partial charge on any atom is 0.277 e. The number of hydrogen-bond donors (Lipinski definition) is 3. The van der Waals surface area contributed by atoms with Crippen LogP contribution in [0.1, 0.15) is 32.9 Å². The number of methoxy groups -OCH3 is 2. The van der Waals surface area contributed by atoms with Gasteiger partial charge >= 0.3 is 0 Å². The van der Waals surface area contributed by atoms with Crippen molar-refractivity contribution in [3.05, 3.63) is 52.5 Å². The minimum atomic E-state index is -0.247. The van der Waals surface area contributed by atoms with Crippen molar-refractivity contribution in [2.24, 2.45) is 0 Å². The lowest BCUT2D eigenvalue weighted by Gasteiger charge is -2.14. The van der Waals surface area contributed by atoms with E-state index >= 15 is 0 Å². The molecule has 29 heavy (non-hydrogen) atoms. The predicted octanol–water partition coefficient (Wildman–Crippen LogP) is 1.88. The molecule has 2 aromatic heterocycles. The first-order valence-corrected chi connectivity index (χ1v) is 9.42.